The van der Waals surface area contributed by atoms with Gasteiger partial charge in [0.15, 0.2) is 5.58 Å². The minimum absolute atomic E-state index is 0.0219. The van der Waals surface area contributed by atoms with Gasteiger partial charge in [0.25, 0.3) is 10.0 Å². The molecule has 6 nitrogen and oxygen atoms in total. The van der Waals surface area contributed by atoms with Gasteiger partial charge in [-0.3, -0.25) is 9.29 Å². The second kappa shape index (κ2) is 6.06. The Morgan fingerprint density at radius 3 is 2.54 bits per heavy atom. The van der Waals surface area contributed by atoms with Gasteiger partial charge in [-0.05, 0) is 24.3 Å². The molecule has 0 spiro atoms. The summed E-state index contributed by atoms with van der Waals surface area (Å²) < 4.78 is 71.4. The highest BCUT2D eigenvalue weighted by atomic mass is 35.5. The Hall–Kier alpha value is -2.46. The molecule has 0 aliphatic carbocycles. The smallest absolute Gasteiger partial charge is 0.408 e. The number of nitrogens with one attached hydrogen (secondary N) is 1. The van der Waals surface area contributed by atoms with E-state index in [4.69, 9.17) is 16.0 Å². The molecule has 0 radical (unpaired) electrons. The lowest BCUT2D eigenvalue weighted by atomic mass is 10.2. The van der Waals surface area contributed by atoms with E-state index in [2.05, 4.69) is 0 Å². The van der Waals surface area contributed by atoms with Gasteiger partial charge < -0.3 is 4.42 Å². The first-order chi connectivity index (χ1) is 12.0. The molecular weight excluding hydrogens is 397 g/mol. The van der Waals surface area contributed by atoms with Gasteiger partial charge in [0.2, 0.25) is 0 Å². The van der Waals surface area contributed by atoms with Crippen LogP contribution in [-0.4, -0.2) is 13.0 Å². The fourth-order valence-corrected chi connectivity index (χ4v) is 3.89. The Kier molecular flexibility index (Phi) is 4.27. The van der Waals surface area contributed by atoms with Crippen LogP contribution >= 0.6 is 11.6 Å². The summed E-state index contributed by atoms with van der Waals surface area (Å²) in [5.74, 6) is -0.712. The Labute approximate surface area is 149 Å². The number of aromatic nitrogens is 1. The molecule has 3 aromatic rings. The zero-order valence-corrected chi connectivity index (χ0v) is 14.5. The Balaban J connectivity index is 2.05. The number of hydrogen-bond donors (Lipinski definition) is 1. The molecule has 3 rings (SSSR count). The van der Waals surface area contributed by atoms with Crippen LogP contribution in [0.15, 0.2) is 50.5 Å². The number of nitrogens with zero attached hydrogens (tertiary/aromatic N) is 1. The highest BCUT2D eigenvalue weighted by molar-refractivity contribution is 7.92. The molecule has 1 heterocycles. The molecule has 0 amide bonds. The number of halogens is 4. The van der Waals surface area contributed by atoms with Crippen LogP contribution in [0.1, 0.15) is 5.56 Å². The molecule has 0 atom stereocenters. The lowest BCUT2D eigenvalue weighted by Crippen LogP contribution is -2.14. The van der Waals surface area contributed by atoms with Crippen LogP contribution in [0.3, 0.4) is 0 Å². The molecule has 0 unspecified atom stereocenters. The second-order valence-electron chi connectivity index (χ2n) is 5.36. The van der Waals surface area contributed by atoms with E-state index < -0.39 is 32.4 Å². The standard InChI is InChI=1S/C15H10ClF3N2O4S/c1-21-11-6-10(16)13(7-12(11)25-14(21)22)26(23,24)20-9-4-2-3-8(5-9)15(17,18)19/h2-7,20H,1H3. The zero-order chi connectivity index (χ0) is 19.3. The van der Waals surface area contributed by atoms with Crippen molar-refractivity contribution >= 4 is 38.4 Å². The molecule has 2 aromatic carbocycles. The molecule has 0 fully saturated rings. The highest BCUT2D eigenvalue weighted by Crippen LogP contribution is 2.32. The molecule has 0 saturated carbocycles. The van der Waals surface area contributed by atoms with Crippen molar-refractivity contribution in [3.63, 3.8) is 0 Å². The fourth-order valence-electron chi connectivity index (χ4n) is 2.30. The number of oxazole rings is 1. The first-order valence-electron chi connectivity index (χ1n) is 6.98. The third-order valence-electron chi connectivity index (χ3n) is 3.58. The number of fused-ring (bicyclic) bond motifs is 1. The van der Waals surface area contributed by atoms with Crippen LogP contribution in [0.25, 0.3) is 11.1 Å². The summed E-state index contributed by atoms with van der Waals surface area (Å²) in [4.78, 5) is 11.1. The van der Waals surface area contributed by atoms with E-state index in [0.717, 1.165) is 22.8 Å². The van der Waals surface area contributed by atoms with Crippen LogP contribution in [0.2, 0.25) is 5.02 Å². The number of anilines is 1. The zero-order valence-electron chi connectivity index (χ0n) is 13.0. The maximum absolute atomic E-state index is 12.8. The van der Waals surface area contributed by atoms with Gasteiger partial charge in [-0.25, -0.2) is 13.2 Å². The third kappa shape index (κ3) is 3.29. The Morgan fingerprint density at radius 1 is 1.19 bits per heavy atom. The predicted molar refractivity (Wildman–Crippen MR) is 88.7 cm³/mol. The average molecular weight is 407 g/mol. The van der Waals surface area contributed by atoms with Crippen molar-refractivity contribution in [2.24, 2.45) is 7.05 Å². The molecule has 0 aliphatic heterocycles. The van der Waals surface area contributed by atoms with Gasteiger partial charge in [0.05, 0.1) is 16.1 Å². The maximum Gasteiger partial charge on any atom is 0.419 e. The summed E-state index contributed by atoms with van der Waals surface area (Å²) in [6.07, 6.45) is -4.62. The minimum Gasteiger partial charge on any atom is -0.408 e. The van der Waals surface area contributed by atoms with Crippen molar-refractivity contribution in [1.82, 2.24) is 4.57 Å². The molecule has 1 aromatic heterocycles. The van der Waals surface area contributed by atoms with E-state index in [-0.39, 0.29) is 21.8 Å². The van der Waals surface area contributed by atoms with E-state index in [0.29, 0.717) is 6.07 Å². The first-order valence-corrected chi connectivity index (χ1v) is 8.84. The lowest BCUT2D eigenvalue weighted by molar-refractivity contribution is -0.137. The third-order valence-corrected chi connectivity index (χ3v) is 5.42. The average Bonchev–Trinajstić information content (AvgIpc) is 2.80. The monoisotopic (exact) mass is 406 g/mol. The van der Waals surface area contributed by atoms with Crippen LogP contribution in [0.5, 0.6) is 0 Å². The maximum atomic E-state index is 12.8. The van der Waals surface area contributed by atoms with Crippen LogP contribution in [-0.2, 0) is 23.2 Å². The van der Waals surface area contributed by atoms with Crippen molar-refractivity contribution in [2.75, 3.05) is 4.72 Å². The molecule has 26 heavy (non-hydrogen) atoms. The van der Waals surface area contributed by atoms with Crippen molar-refractivity contribution in [2.45, 2.75) is 11.1 Å². The minimum atomic E-state index is -4.62. The number of sulfonamides is 1. The molecular formula is C15H10ClF3N2O4S. The van der Waals surface area contributed by atoms with Crippen LogP contribution in [0.4, 0.5) is 18.9 Å². The number of hydrogen-bond acceptors (Lipinski definition) is 4. The summed E-state index contributed by atoms with van der Waals surface area (Å²) >= 11 is 5.98. The highest BCUT2D eigenvalue weighted by Gasteiger charge is 2.31. The quantitative estimate of drug-likeness (QED) is 0.720. The van der Waals surface area contributed by atoms with E-state index in [1.54, 1.807) is 0 Å². The van der Waals surface area contributed by atoms with Crippen molar-refractivity contribution < 1.29 is 26.0 Å². The van der Waals surface area contributed by atoms with Crippen LogP contribution in [0, 0.1) is 0 Å². The summed E-state index contributed by atoms with van der Waals surface area (Å²) in [6.45, 7) is 0. The lowest BCUT2D eigenvalue weighted by Gasteiger charge is -2.12. The predicted octanol–water partition coefficient (Wildman–Crippen LogP) is 3.60. The Bertz CT molecular complexity index is 1170. The summed E-state index contributed by atoms with van der Waals surface area (Å²) in [7, 11) is -2.91. The van der Waals surface area contributed by atoms with Gasteiger partial charge in [0.1, 0.15) is 4.90 Å². The largest absolute Gasteiger partial charge is 0.419 e. The first kappa shape index (κ1) is 18.3. The van der Waals surface area contributed by atoms with Crippen molar-refractivity contribution in [3.05, 3.63) is 57.5 Å². The number of benzene rings is 2. The number of aryl methyl sites for hydroxylation is 1. The molecule has 138 valence electrons. The van der Waals surface area contributed by atoms with Gasteiger partial charge >= 0.3 is 11.9 Å². The second-order valence-corrected chi connectivity index (χ2v) is 7.42. The summed E-state index contributed by atoms with van der Waals surface area (Å²) in [5.41, 5.74) is -1.04. The summed E-state index contributed by atoms with van der Waals surface area (Å²) in [6, 6.07) is 5.98. The van der Waals surface area contributed by atoms with Crippen molar-refractivity contribution in [3.8, 4) is 0 Å². The van der Waals surface area contributed by atoms with E-state index >= 15 is 0 Å². The SMILES string of the molecule is Cn1c(=O)oc2cc(S(=O)(=O)Nc3cccc(C(F)(F)F)c3)c(Cl)cc21. The number of alkyl halides is 3. The molecule has 0 saturated heterocycles. The van der Waals surface area contributed by atoms with Gasteiger partial charge in [-0.1, -0.05) is 17.7 Å². The van der Waals surface area contributed by atoms with Gasteiger partial charge in [-0.2, -0.15) is 13.2 Å². The fraction of sp³-hybridized carbons (Fsp3) is 0.133. The molecule has 0 aliphatic rings. The van der Waals surface area contributed by atoms with Gasteiger partial charge in [-0.15, -0.1) is 0 Å². The molecule has 1 N–H and O–H groups in total. The van der Waals surface area contributed by atoms with E-state index in [1.165, 1.54) is 19.2 Å². The summed E-state index contributed by atoms with van der Waals surface area (Å²) in [5, 5.41) is -0.214. The van der Waals surface area contributed by atoms with E-state index in [1.807, 2.05) is 4.72 Å². The topological polar surface area (TPSA) is 81.3 Å². The van der Waals surface area contributed by atoms with Crippen LogP contribution < -0.4 is 10.5 Å². The molecule has 11 heteroatoms. The van der Waals surface area contributed by atoms with E-state index in [9.17, 15) is 26.4 Å². The van der Waals surface area contributed by atoms with Crippen molar-refractivity contribution in [1.29, 1.82) is 0 Å². The van der Waals surface area contributed by atoms with Gasteiger partial charge in [0, 0.05) is 18.8 Å². The molecule has 0 bridgehead atoms. The number of rotatable bonds is 3. The Morgan fingerprint density at radius 2 is 1.88 bits per heavy atom. The normalized spacial score (nSPS) is 12.5.